The predicted octanol–water partition coefficient (Wildman–Crippen LogP) is 3.02. The first kappa shape index (κ1) is 19.3. The lowest BCUT2D eigenvalue weighted by atomic mass is 10.2. The molecule has 2 aliphatic rings. The molecule has 1 N–H and O–H groups in total. The number of para-hydroxylation sites is 1. The Morgan fingerprint density at radius 3 is 2.46 bits per heavy atom. The maximum absolute atomic E-state index is 13.1. The molecule has 2 aliphatic heterocycles. The van der Waals surface area contributed by atoms with E-state index in [4.69, 9.17) is 0 Å². The number of fused-ring (bicyclic) bond motifs is 1. The monoisotopic (exact) mass is 417 g/mol. The number of amides is 1. The first-order valence-corrected chi connectivity index (χ1v) is 11.7. The first-order chi connectivity index (χ1) is 13.5. The van der Waals surface area contributed by atoms with Gasteiger partial charge in [0, 0.05) is 36.8 Å². The molecule has 0 aliphatic carbocycles. The van der Waals surface area contributed by atoms with Crippen LogP contribution in [0.1, 0.15) is 13.3 Å². The highest BCUT2D eigenvalue weighted by molar-refractivity contribution is 8.01. The molecule has 6 nitrogen and oxygen atoms in total. The SMILES string of the molecule is CC[C@H]1Sc2ccc(S(=O)(=O)N3CCN(c4ccccc4)CC3)cc2NC1=O. The summed E-state index contributed by atoms with van der Waals surface area (Å²) in [6.07, 6.45) is 0.738. The molecule has 0 unspecified atom stereocenters. The van der Waals surface area contributed by atoms with Crippen molar-refractivity contribution in [1.82, 2.24) is 4.31 Å². The van der Waals surface area contributed by atoms with Gasteiger partial charge < -0.3 is 10.2 Å². The third-order valence-electron chi connectivity index (χ3n) is 5.14. The van der Waals surface area contributed by atoms with Crippen molar-refractivity contribution >= 4 is 39.1 Å². The molecule has 1 atom stereocenters. The maximum atomic E-state index is 13.1. The Balaban J connectivity index is 1.50. The molecule has 0 saturated carbocycles. The highest BCUT2D eigenvalue weighted by Gasteiger charge is 2.31. The number of piperazine rings is 1. The molecule has 8 heteroatoms. The number of sulfonamides is 1. The largest absolute Gasteiger partial charge is 0.369 e. The number of carbonyl (C=O) groups excluding carboxylic acids is 1. The fourth-order valence-electron chi connectivity index (χ4n) is 3.53. The Kier molecular flexibility index (Phi) is 5.35. The summed E-state index contributed by atoms with van der Waals surface area (Å²) in [5, 5.41) is 2.73. The summed E-state index contributed by atoms with van der Waals surface area (Å²) in [5.74, 6) is -0.0639. The summed E-state index contributed by atoms with van der Waals surface area (Å²) in [7, 11) is -3.59. The molecule has 1 fully saturated rings. The first-order valence-electron chi connectivity index (χ1n) is 9.41. The number of benzene rings is 2. The molecule has 28 heavy (non-hydrogen) atoms. The van der Waals surface area contributed by atoms with E-state index in [-0.39, 0.29) is 16.1 Å². The lowest BCUT2D eigenvalue weighted by Crippen LogP contribution is -2.48. The quantitative estimate of drug-likeness (QED) is 0.828. The van der Waals surface area contributed by atoms with Gasteiger partial charge in [0.1, 0.15) is 0 Å². The molecular weight excluding hydrogens is 394 g/mol. The fraction of sp³-hybridized carbons (Fsp3) is 0.350. The smallest absolute Gasteiger partial charge is 0.243 e. The van der Waals surface area contributed by atoms with E-state index in [9.17, 15) is 13.2 Å². The Hall–Kier alpha value is -2.03. The summed E-state index contributed by atoms with van der Waals surface area (Å²) < 4.78 is 27.7. The Labute approximate surface area is 170 Å². The highest BCUT2D eigenvalue weighted by atomic mass is 32.2. The molecule has 0 radical (unpaired) electrons. The van der Waals surface area contributed by atoms with Gasteiger partial charge in [-0.1, -0.05) is 25.1 Å². The number of hydrogen-bond acceptors (Lipinski definition) is 5. The van der Waals surface area contributed by atoms with Crippen molar-refractivity contribution in [3.8, 4) is 0 Å². The van der Waals surface area contributed by atoms with Crippen LogP contribution < -0.4 is 10.2 Å². The maximum Gasteiger partial charge on any atom is 0.243 e. The third kappa shape index (κ3) is 3.64. The Morgan fingerprint density at radius 2 is 1.79 bits per heavy atom. The second-order valence-corrected chi connectivity index (χ2v) is 10.1. The van der Waals surface area contributed by atoms with Crippen LogP contribution in [0.3, 0.4) is 0 Å². The minimum Gasteiger partial charge on any atom is -0.369 e. The van der Waals surface area contributed by atoms with Crippen LogP contribution in [-0.4, -0.2) is 50.1 Å². The minimum absolute atomic E-state index is 0.0639. The van der Waals surface area contributed by atoms with Crippen LogP contribution >= 0.6 is 11.8 Å². The standard InChI is InChI=1S/C20H23N3O3S2/c1-2-18-20(24)21-17-14-16(8-9-19(17)27-18)28(25,26)23-12-10-22(11-13-23)15-6-4-3-5-7-15/h3-9,14,18H,2,10-13H2,1H3,(H,21,24)/t18-/m1/s1. The summed E-state index contributed by atoms with van der Waals surface area (Å²) in [4.78, 5) is 15.5. The topological polar surface area (TPSA) is 69.7 Å². The second kappa shape index (κ2) is 7.77. The number of hydrogen-bond donors (Lipinski definition) is 1. The Morgan fingerprint density at radius 1 is 1.07 bits per heavy atom. The third-order valence-corrected chi connectivity index (χ3v) is 8.48. The van der Waals surface area contributed by atoms with E-state index in [1.165, 1.54) is 16.1 Å². The van der Waals surface area contributed by atoms with E-state index >= 15 is 0 Å². The van der Waals surface area contributed by atoms with Gasteiger partial charge >= 0.3 is 0 Å². The molecule has 0 spiro atoms. The van der Waals surface area contributed by atoms with E-state index < -0.39 is 10.0 Å². The number of anilines is 2. The van der Waals surface area contributed by atoms with Crippen molar-refractivity contribution in [2.45, 2.75) is 28.4 Å². The molecule has 2 aromatic rings. The molecule has 1 amide bonds. The Bertz CT molecular complexity index is 971. The van der Waals surface area contributed by atoms with Crippen LogP contribution in [0.5, 0.6) is 0 Å². The average Bonchev–Trinajstić information content (AvgIpc) is 2.73. The normalized spacial score (nSPS) is 20.5. The molecule has 2 aromatic carbocycles. The minimum atomic E-state index is -3.59. The van der Waals surface area contributed by atoms with E-state index in [0.29, 0.717) is 31.9 Å². The average molecular weight is 418 g/mol. The van der Waals surface area contributed by atoms with Crippen LogP contribution in [0.4, 0.5) is 11.4 Å². The lowest BCUT2D eigenvalue weighted by molar-refractivity contribution is -0.115. The molecule has 0 bridgehead atoms. The second-order valence-electron chi connectivity index (χ2n) is 6.89. The molecule has 2 heterocycles. The zero-order valence-electron chi connectivity index (χ0n) is 15.7. The summed E-state index contributed by atoms with van der Waals surface area (Å²) in [5.41, 5.74) is 1.70. The molecule has 0 aromatic heterocycles. The summed E-state index contributed by atoms with van der Waals surface area (Å²) in [6.45, 7) is 4.15. The van der Waals surface area contributed by atoms with Crippen LogP contribution in [0, 0.1) is 0 Å². The van der Waals surface area contributed by atoms with Gasteiger partial charge in [0.25, 0.3) is 0 Å². The van der Waals surface area contributed by atoms with Crippen LogP contribution in [0.25, 0.3) is 0 Å². The van der Waals surface area contributed by atoms with Crippen LogP contribution in [0.2, 0.25) is 0 Å². The van der Waals surface area contributed by atoms with Crippen molar-refractivity contribution in [1.29, 1.82) is 0 Å². The fourth-order valence-corrected chi connectivity index (χ4v) is 6.00. The van der Waals surface area contributed by atoms with Gasteiger partial charge in [-0.2, -0.15) is 4.31 Å². The molecule has 148 valence electrons. The summed E-state index contributed by atoms with van der Waals surface area (Å²) in [6, 6.07) is 15.1. The van der Waals surface area contributed by atoms with Gasteiger partial charge in [0.2, 0.25) is 15.9 Å². The van der Waals surface area contributed by atoms with Gasteiger partial charge in [-0.25, -0.2) is 8.42 Å². The summed E-state index contributed by atoms with van der Waals surface area (Å²) >= 11 is 1.49. The van der Waals surface area contributed by atoms with E-state index in [1.54, 1.807) is 18.2 Å². The van der Waals surface area contributed by atoms with Gasteiger partial charge in [0.15, 0.2) is 0 Å². The van der Waals surface area contributed by atoms with Crippen molar-refractivity contribution in [2.75, 3.05) is 36.4 Å². The molecule has 1 saturated heterocycles. The molecule has 4 rings (SSSR count). The predicted molar refractivity (Wildman–Crippen MR) is 112 cm³/mol. The van der Waals surface area contributed by atoms with E-state index in [1.807, 2.05) is 37.3 Å². The van der Waals surface area contributed by atoms with Gasteiger partial charge in [-0.05, 0) is 36.8 Å². The van der Waals surface area contributed by atoms with Crippen LogP contribution in [-0.2, 0) is 14.8 Å². The van der Waals surface area contributed by atoms with Crippen molar-refractivity contribution < 1.29 is 13.2 Å². The number of thioether (sulfide) groups is 1. The zero-order chi connectivity index (χ0) is 19.7. The van der Waals surface area contributed by atoms with Crippen molar-refractivity contribution in [3.63, 3.8) is 0 Å². The van der Waals surface area contributed by atoms with Gasteiger partial charge in [-0.15, -0.1) is 11.8 Å². The number of carbonyl (C=O) groups is 1. The van der Waals surface area contributed by atoms with Gasteiger partial charge in [-0.3, -0.25) is 4.79 Å². The van der Waals surface area contributed by atoms with E-state index in [0.717, 1.165) is 17.0 Å². The van der Waals surface area contributed by atoms with Gasteiger partial charge in [0.05, 0.1) is 15.8 Å². The zero-order valence-corrected chi connectivity index (χ0v) is 17.3. The van der Waals surface area contributed by atoms with E-state index in [2.05, 4.69) is 10.2 Å². The van der Waals surface area contributed by atoms with Crippen LogP contribution in [0.15, 0.2) is 58.3 Å². The lowest BCUT2D eigenvalue weighted by Gasteiger charge is -2.35. The van der Waals surface area contributed by atoms with Crippen molar-refractivity contribution in [3.05, 3.63) is 48.5 Å². The van der Waals surface area contributed by atoms with Crippen molar-refractivity contribution in [2.24, 2.45) is 0 Å². The number of rotatable bonds is 4. The number of nitrogens with one attached hydrogen (secondary N) is 1. The highest BCUT2D eigenvalue weighted by Crippen LogP contribution is 2.38. The number of nitrogens with zero attached hydrogens (tertiary/aromatic N) is 2. The molecular formula is C20H23N3O3S2.